The van der Waals surface area contributed by atoms with Gasteiger partial charge in [-0.05, 0) is 61.3 Å². The number of anilines is 1. The molecule has 2 unspecified atom stereocenters. The van der Waals surface area contributed by atoms with E-state index in [0.717, 1.165) is 29.7 Å². The first-order valence-electron chi connectivity index (χ1n) is 13.1. The summed E-state index contributed by atoms with van der Waals surface area (Å²) in [6, 6.07) is 11.7. The predicted octanol–water partition coefficient (Wildman–Crippen LogP) is 7.05. The van der Waals surface area contributed by atoms with Gasteiger partial charge in [-0.25, -0.2) is 4.39 Å². The van der Waals surface area contributed by atoms with Crippen LogP contribution in [0.2, 0.25) is 5.02 Å². The minimum Gasteiger partial charge on any atom is -0.463 e. The summed E-state index contributed by atoms with van der Waals surface area (Å²) in [6.07, 6.45) is 9.10. The van der Waals surface area contributed by atoms with Gasteiger partial charge in [0, 0.05) is 35.3 Å². The summed E-state index contributed by atoms with van der Waals surface area (Å²) < 4.78 is 22.4. The van der Waals surface area contributed by atoms with Crippen molar-refractivity contribution in [3.8, 4) is 17.3 Å². The van der Waals surface area contributed by atoms with Crippen LogP contribution in [0.1, 0.15) is 38.5 Å². The first-order valence-corrected chi connectivity index (χ1v) is 13.4. The molecule has 3 heterocycles. The predicted molar refractivity (Wildman–Crippen MR) is 141 cm³/mol. The molecule has 0 radical (unpaired) electrons. The van der Waals surface area contributed by atoms with Gasteiger partial charge in [-0.1, -0.05) is 48.4 Å². The molecule has 36 heavy (non-hydrogen) atoms. The van der Waals surface area contributed by atoms with E-state index in [1.807, 2.05) is 36.4 Å². The zero-order valence-corrected chi connectivity index (χ0v) is 20.8. The molecule has 184 valence electrons. The van der Waals surface area contributed by atoms with E-state index in [0.29, 0.717) is 40.3 Å². The van der Waals surface area contributed by atoms with Gasteiger partial charge in [-0.3, -0.25) is 4.98 Å². The van der Waals surface area contributed by atoms with Gasteiger partial charge >= 0.3 is 6.01 Å². The minimum atomic E-state index is -0.461. The van der Waals surface area contributed by atoms with Crippen molar-refractivity contribution in [2.45, 2.75) is 38.5 Å². The van der Waals surface area contributed by atoms with Gasteiger partial charge in [0.25, 0.3) is 0 Å². The van der Waals surface area contributed by atoms with Crippen LogP contribution < -0.4 is 9.64 Å². The van der Waals surface area contributed by atoms with Crippen molar-refractivity contribution in [2.75, 3.05) is 24.6 Å². The lowest BCUT2D eigenvalue weighted by Gasteiger charge is -2.33. The van der Waals surface area contributed by atoms with Crippen LogP contribution in [0, 0.1) is 23.6 Å². The van der Waals surface area contributed by atoms with Crippen LogP contribution in [0.15, 0.2) is 42.6 Å². The lowest BCUT2D eigenvalue weighted by atomic mass is 9.86. The Kier molecular flexibility index (Phi) is 5.46. The SMILES string of the molecule is Fc1c(-c2cccc3cccc(Cl)c23)ncc2c(N3CC4CCC(C4)C3)nc(OCC3CCC3)nc12. The molecular formula is C29H28ClFN4O. The maximum atomic E-state index is 16.3. The summed E-state index contributed by atoms with van der Waals surface area (Å²) in [4.78, 5) is 16.3. The average molecular weight is 503 g/mol. The summed E-state index contributed by atoms with van der Waals surface area (Å²) in [5.41, 5.74) is 1.16. The summed E-state index contributed by atoms with van der Waals surface area (Å²) in [6.45, 7) is 2.45. The van der Waals surface area contributed by atoms with Gasteiger partial charge in [0.2, 0.25) is 0 Å². The Morgan fingerprint density at radius 2 is 1.78 bits per heavy atom. The van der Waals surface area contributed by atoms with Crippen molar-refractivity contribution in [3.05, 3.63) is 53.4 Å². The molecule has 0 spiro atoms. The van der Waals surface area contributed by atoms with Gasteiger partial charge in [0.05, 0.1) is 12.0 Å². The van der Waals surface area contributed by atoms with Gasteiger partial charge in [0.15, 0.2) is 5.82 Å². The largest absolute Gasteiger partial charge is 0.463 e. The number of ether oxygens (including phenoxy) is 1. The summed E-state index contributed by atoms with van der Waals surface area (Å²) >= 11 is 6.56. The molecule has 1 saturated heterocycles. The highest BCUT2D eigenvalue weighted by Gasteiger charge is 2.35. The number of halogens is 2. The average Bonchev–Trinajstić information content (AvgIpc) is 3.20. The van der Waals surface area contributed by atoms with E-state index in [1.54, 1.807) is 6.20 Å². The van der Waals surface area contributed by atoms with E-state index in [-0.39, 0.29) is 17.2 Å². The molecule has 3 aliphatic rings. The molecule has 5 nitrogen and oxygen atoms in total. The molecule has 7 rings (SSSR count). The molecule has 2 aromatic heterocycles. The molecule has 1 aliphatic heterocycles. The van der Waals surface area contributed by atoms with E-state index in [2.05, 4.69) is 14.9 Å². The second kappa shape index (κ2) is 8.84. The van der Waals surface area contributed by atoms with Gasteiger partial charge < -0.3 is 9.64 Å². The first kappa shape index (κ1) is 22.2. The van der Waals surface area contributed by atoms with E-state index < -0.39 is 5.82 Å². The third-order valence-electron chi connectivity index (χ3n) is 8.33. The molecule has 3 fully saturated rings. The highest BCUT2D eigenvalue weighted by atomic mass is 35.5. The quantitative estimate of drug-likeness (QED) is 0.292. The third kappa shape index (κ3) is 3.78. The molecule has 2 atom stereocenters. The van der Waals surface area contributed by atoms with Crippen LogP contribution >= 0.6 is 11.6 Å². The van der Waals surface area contributed by atoms with Crippen molar-refractivity contribution in [1.82, 2.24) is 15.0 Å². The third-order valence-corrected chi connectivity index (χ3v) is 8.65. The molecule has 2 bridgehead atoms. The smallest absolute Gasteiger partial charge is 0.319 e. The number of hydrogen-bond acceptors (Lipinski definition) is 5. The second-order valence-corrected chi connectivity index (χ2v) is 11.1. The van der Waals surface area contributed by atoms with Gasteiger partial charge in [-0.15, -0.1) is 0 Å². The number of benzene rings is 2. The van der Waals surface area contributed by atoms with Crippen LogP contribution in [0.5, 0.6) is 6.01 Å². The lowest BCUT2D eigenvalue weighted by molar-refractivity contribution is 0.170. The number of fused-ring (bicyclic) bond motifs is 4. The number of nitrogens with zero attached hydrogens (tertiary/aromatic N) is 4. The highest BCUT2D eigenvalue weighted by Crippen LogP contribution is 2.41. The van der Waals surface area contributed by atoms with Crippen LogP contribution in [-0.4, -0.2) is 34.6 Å². The van der Waals surface area contributed by atoms with Crippen LogP contribution in [-0.2, 0) is 0 Å². The summed E-state index contributed by atoms with van der Waals surface area (Å²) in [7, 11) is 0. The fraction of sp³-hybridized carbons (Fsp3) is 0.414. The minimum absolute atomic E-state index is 0.245. The van der Waals surface area contributed by atoms with E-state index >= 15 is 4.39 Å². The van der Waals surface area contributed by atoms with E-state index in [1.165, 1.54) is 38.5 Å². The number of aromatic nitrogens is 3. The van der Waals surface area contributed by atoms with Crippen LogP contribution in [0.3, 0.4) is 0 Å². The van der Waals surface area contributed by atoms with Crippen LogP contribution in [0.25, 0.3) is 32.9 Å². The molecule has 2 aliphatic carbocycles. The zero-order chi connectivity index (χ0) is 24.2. The molecule has 0 amide bonds. The molecule has 7 heteroatoms. The Morgan fingerprint density at radius 3 is 2.53 bits per heavy atom. The monoisotopic (exact) mass is 502 g/mol. The maximum Gasteiger partial charge on any atom is 0.319 e. The van der Waals surface area contributed by atoms with Crippen molar-refractivity contribution in [1.29, 1.82) is 0 Å². The zero-order valence-electron chi connectivity index (χ0n) is 20.1. The lowest BCUT2D eigenvalue weighted by Crippen LogP contribution is -2.37. The standard InChI is InChI=1S/C29H28ClFN4O/c30-23-9-3-7-20-6-2-8-21(24(20)23)26-25(31)27-22(13-32-26)28(35-14-18-10-11-19(12-18)15-35)34-29(33-27)36-16-17-4-1-5-17/h2-3,6-9,13,17-19H,1,4-5,10-12,14-16H2. The van der Waals surface area contributed by atoms with Crippen molar-refractivity contribution in [2.24, 2.45) is 17.8 Å². The number of hydrogen-bond donors (Lipinski definition) is 0. The van der Waals surface area contributed by atoms with E-state index in [4.69, 9.17) is 21.3 Å². The number of piperidine rings is 1. The Bertz CT molecular complexity index is 1460. The molecule has 4 aromatic rings. The second-order valence-electron chi connectivity index (χ2n) is 10.7. The maximum absolute atomic E-state index is 16.3. The van der Waals surface area contributed by atoms with Crippen molar-refractivity contribution >= 4 is 39.1 Å². The Labute approximate surface area is 214 Å². The molecule has 0 N–H and O–H groups in total. The topological polar surface area (TPSA) is 51.1 Å². The van der Waals surface area contributed by atoms with E-state index in [9.17, 15) is 0 Å². The van der Waals surface area contributed by atoms with Crippen LogP contribution in [0.4, 0.5) is 10.2 Å². The Morgan fingerprint density at radius 1 is 1.00 bits per heavy atom. The summed E-state index contributed by atoms with van der Waals surface area (Å²) in [5.74, 6) is 2.16. The number of rotatable bonds is 5. The fourth-order valence-electron chi connectivity index (χ4n) is 6.24. The normalized spacial score (nSPS) is 21.8. The van der Waals surface area contributed by atoms with Gasteiger partial charge in [0.1, 0.15) is 17.0 Å². The number of pyridine rings is 1. The van der Waals surface area contributed by atoms with Crippen molar-refractivity contribution < 1.29 is 9.13 Å². The fourth-order valence-corrected chi connectivity index (χ4v) is 6.52. The highest BCUT2D eigenvalue weighted by molar-refractivity contribution is 6.36. The molecule has 2 aromatic carbocycles. The summed E-state index contributed by atoms with van der Waals surface area (Å²) in [5, 5.41) is 2.94. The van der Waals surface area contributed by atoms with Gasteiger partial charge in [-0.2, -0.15) is 9.97 Å². The molecular weight excluding hydrogens is 475 g/mol. The van der Waals surface area contributed by atoms with Crippen molar-refractivity contribution in [3.63, 3.8) is 0 Å². The first-order chi connectivity index (χ1) is 17.6. The Balaban J connectivity index is 1.38. The Hall–Kier alpha value is -2.99. The molecule has 2 saturated carbocycles.